The zero-order chi connectivity index (χ0) is 21.3. The largest absolute Gasteiger partial charge is 0.367 e. The van der Waals surface area contributed by atoms with Crippen molar-refractivity contribution in [3.05, 3.63) is 59.9 Å². The van der Waals surface area contributed by atoms with Gasteiger partial charge >= 0.3 is 0 Å². The molecule has 0 bridgehead atoms. The van der Waals surface area contributed by atoms with Gasteiger partial charge in [0.15, 0.2) is 0 Å². The summed E-state index contributed by atoms with van der Waals surface area (Å²) in [5.41, 5.74) is 7.10. The maximum atomic E-state index is 13.2. The third-order valence-corrected chi connectivity index (χ3v) is 5.02. The van der Waals surface area contributed by atoms with Crippen molar-refractivity contribution in [1.29, 1.82) is 0 Å². The Morgan fingerprint density at radius 2 is 1.90 bits per heavy atom. The number of aromatic amines is 1. The molecule has 9 heteroatoms. The summed E-state index contributed by atoms with van der Waals surface area (Å²) in [7, 11) is 3.90. The molecule has 1 aliphatic rings. The SMILES string of the molecule is CN(C)Cc1ccccc1NC(=O)C1=NCNC1(C(N)=O)c1nc2ccccc2[nH]1. The molecule has 0 saturated carbocycles. The Balaban J connectivity index is 1.71. The summed E-state index contributed by atoms with van der Waals surface area (Å²) in [6, 6.07) is 14.8. The molecule has 5 N–H and O–H groups in total. The molecular formula is C21H23N7O2. The summed E-state index contributed by atoms with van der Waals surface area (Å²) in [5, 5.41) is 5.85. The van der Waals surface area contributed by atoms with Crippen LogP contribution in [0.4, 0.5) is 5.69 Å². The van der Waals surface area contributed by atoms with Crippen molar-refractivity contribution >= 4 is 34.2 Å². The number of hydrogen-bond acceptors (Lipinski definition) is 6. The highest BCUT2D eigenvalue weighted by Crippen LogP contribution is 2.28. The van der Waals surface area contributed by atoms with Gasteiger partial charge in [0.05, 0.1) is 17.7 Å². The molecule has 1 unspecified atom stereocenters. The quantitative estimate of drug-likeness (QED) is 0.485. The number of rotatable bonds is 6. The van der Waals surface area contributed by atoms with Crippen LogP contribution in [0, 0.1) is 0 Å². The lowest BCUT2D eigenvalue weighted by Gasteiger charge is -2.25. The number of nitrogens with zero attached hydrogens (tertiary/aromatic N) is 3. The number of H-pyrrole nitrogens is 1. The first-order chi connectivity index (χ1) is 14.4. The van der Waals surface area contributed by atoms with E-state index in [9.17, 15) is 9.59 Å². The van der Waals surface area contributed by atoms with Crippen molar-refractivity contribution in [2.75, 3.05) is 26.1 Å². The van der Waals surface area contributed by atoms with Crippen molar-refractivity contribution in [3.8, 4) is 0 Å². The molecule has 2 aromatic carbocycles. The molecule has 0 aliphatic carbocycles. The van der Waals surface area contributed by atoms with Crippen LogP contribution in [0.3, 0.4) is 0 Å². The molecule has 1 atom stereocenters. The minimum Gasteiger partial charge on any atom is -0.367 e. The number of amides is 2. The van der Waals surface area contributed by atoms with Crippen LogP contribution < -0.4 is 16.4 Å². The molecule has 9 nitrogen and oxygen atoms in total. The van der Waals surface area contributed by atoms with Gasteiger partial charge in [-0.1, -0.05) is 30.3 Å². The highest BCUT2D eigenvalue weighted by molar-refractivity contribution is 6.50. The number of aromatic nitrogens is 2. The van der Waals surface area contributed by atoms with Crippen LogP contribution in [0.1, 0.15) is 11.4 Å². The van der Waals surface area contributed by atoms with Crippen molar-refractivity contribution in [3.63, 3.8) is 0 Å². The van der Waals surface area contributed by atoms with Gasteiger partial charge in [0.25, 0.3) is 11.8 Å². The van der Waals surface area contributed by atoms with E-state index in [1.807, 2.05) is 67.5 Å². The monoisotopic (exact) mass is 405 g/mol. The predicted molar refractivity (Wildman–Crippen MR) is 115 cm³/mol. The van der Waals surface area contributed by atoms with E-state index < -0.39 is 17.4 Å². The Morgan fingerprint density at radius 1 is 1.17 bits per heavy atom. The smallest absolute Gasteiger partial charge is 0.272 e. The second-order valence-electron chi connectivity index (χ2n) is 7.41. The third-order valence-electron chi connectivity index (χ3n) is 5.02. The van der Waals surface area contributed by atoms with E-state index in [4.69, 9.17) is 5.73 Å². The summed E-state index contributed by atoms with van der Waals surface area (Å²) in [4.78, 5) is 39.7. The fraction of sp³-hybridized carbons (Fsp3) is 0.238. The lowest BCUT2D eigenvalue weighted by molar-refractivity contribution is -0.123. The normalized spacial score (nSPS) is 18.6. The number of nitrogens with two attached hydrogens (primary N) is 1. The third kappa shape index (κ3) is 3.34. The van der Waals surface area contributed by atoms with E-state index in [1.54, 1.807) is 0 Å². The molecule has 1 aliphatic heterocycles. The average Bonchev–Trinajstić information content (AvgIpc) is 3.34. The zero-order valence-electron chi connectivity index (χ0n) is 16.8. The van der Waals surface area contributed by atoms with Gasteiger partial charge in [-0.25, -0.2) is 4.98 Å². The van der Waals surface area contributed by atoms with Crippen molar-refractivity contribution in [2.24, 2.45) is 10.7 Å². The number of aliphatic imine (C=N–C) groups is 1. The van der Waals surface area contributed by atoms with Gasteiger partial charge in [0, 0.05) is 12.2 Å². The minimum absolute atomic E-state index is 0.0197. The van der Waals surface area contributed by atoms with Gasteiger partial charge in [-0.2, -0.15) is 0 Å². The van der Waals surface area contributed by atoms with Gasteiger partial charge in [0.1, 0.15) is 11.5 Å². The number of carbonyl (C=O) groups is 2. The first kappa shape index (κ1) is 19.7. The van der Waals surface area contributed by atoms with Crippen LogP contribution in [0.5, 0.6) is 0 Å². The predicted octanol–water partition coefficient (Wildman–Crippen LogP) is 0.946. The fourth-order valence-corrected chi connectivity index (χ4v) is 3.63. The van der Waals surface area contributed by atoms with Gasteiger partial charge in [-0.05, 0) is 37.9 Å². The highest BCUT2D eigenvalue weighted by Gasteiger charge is 2.52. The van der Waals surface area contributed by atoms with E-state index in [0.29, 0.717) is 17.7 Å². The number of nitrogens with one attached hydrogen (secondary N) is 3. The van der Waals surface area contributed by atoms with E-state index in [-0.39, 0.29) is 18.2 Å². The maximum Gasteiger partial charge on any atom is 0.272 e. The summed E-state index contributed by atoms with van der Waals surface area (Å²) in [6.07, 6.45) is 0. The van der Waals surface area contributed by atoms with Crippen molar-refractivity contribution < 1.29 is 9.59 Å². The van der Waals surface area contributed by atoms with Crippen LogP contribution >= 0.6 is 0 Å². The number of imidazole rings is 1. The average molecular weight is 405 g/mol. The topological polar surface area (TPSA) is 128 Å². The van der Waals surface area contributed by atoms with Gasteiger partial charge < -0.3 is 20.9 Å². The fourth-order valence-electron chi connectivity index (χ4n) is 3.63. The van der Waals surface area contributed by atoms with E-state index in [1.165, 1.54) is 0 Å². The molecule has 0 radical (unpaired) electrons. The molecule has 30 heavy (non-hydrogen) atoms. The Bertz CT molecular complexity index is 1120. The Hall–Kier alpha value is -3.56. The van der Waals surface area contributed by atoms with Gasteiger partial charge in [0.2, 0.25) is 5.54 Å². The highest BCUT2D eigenvalue weighted by atomic mass is 16.2. The van der Waals surface area contributed by atoms with Crippen LogP contribution in [-0.2, 0) is 21.7 Å². The summed E-state index contributed by atoms with van der Waals surface area (Å²) in [6.45, 7) is 0.716. The lowest BCUT2D eigenvalue weighted by Crippen LogP contribution is -2.58. The first-order valence-corrected chi connectivity index (χ1v) is 9.51. The molecule has 2 heterocycles. The van der Waals surface area contributed by atoms with Crippen LogP contribution in [-0.4, -0.2) is 53.2 Å². The molecule has 0 fully saturated rings. The molecule has 2 amide bonds. The van der Waals surface area contributed by atoms with E-state index >= 15 is 0 Å². The minimum atomic E-state index is -1.64. The van der Waals surface area contributed by atoms with E-state index in [2.05, 4.69) is 25.6 Å². The Labute approximate surface area is 173 Å². The standard InChI is InChI=1S/C21H23N7O2/c1-28(2)11-13-7-3-4-8-14(13)25-18(29)17-21(19(22)30,24-12-23-17)20-26-15-9-5-6-10-16(15)27-20/h3-10,24H,11-12H2,1-2H3,(H2,22,30)(H,25,29)(H,26,27). The Kier molecular flexibility index (Phi) is 5.06. The van der Waals surface area contributed by atoms with Crippen molar-refractivity contribution in [1.82, 2.24) is 20.2 Å². The summed E-state index contributed by atoms with van der Waals surface area (Å²) < 4.78 is 0. The zero-order valence-corrected chi connectivity index (χ0v) is 16.8. The van der Waals surface area contributed by atoms with Crippen LogP contribution in [0.25, 0.3) is 11.0 Å². The molecule has 1 aromatic heterocycles. The van der Waals surface area contributed by atoms with Crippen LogP contribution in [0.2, 0.25) is 0 Å². The van der Waals surface area contributed by atoms with Gasteiger partial charge in [-0.3, -0.25) is 19.9 Å². The van der Waals surface area contributed by atoms with Gasteiger partial charge in [-0.15, -0.1) is 0 Å². The second-order valence-corrected chi connectivity index (χ2v) is 7.41. The number of primary amides is 1. The molecule has 0 saturated heterocycles. The lowest BCUT2D eigenvalue weighted by atomic mass is 9.91. The maximum absolute atomic E-state index is 13.2. The number of anilines is 1. The number of carbonyl (C=O) groups excluding carboxylic acids is 2. The van der Waals surface area contributed by atoms with Crippen molar-refractivity contribution in [2.45, 2.75) is 12.1 Å². The molecule has 0 spiro atoms. The summed E-state index contributed by atoms with van der Waals surface area (Å²) >= 11 is 0. The number of para-hydroxylation sites is 3. The molecular weight excluding hydrogens is 382 g/mol. The second kappa shape index (κ2) is 7.69. The number of benzene rings is 2. The first-order valence-electron chi connectivity index (χ1n) is 9.51. The number of fused-ring (bicyclic) bond motifs is 1. The Morgan fingerprint density at radius 3 is 2.63 bits per heavy atom. The molecule has 4 rings (SSSR count). The van der Waals surface area contributed by atoms with Crippen LogP contribution in [0.15, 0.2) is 53.5 Å². The summed E-state index contributed by atoms with van der Waals surface area (Å²) in [5.74, 6) is -1.02. The molecule has 3 aromatic rings. The number of hydrogen-bond donors (Lipinski definition) is 4. The van der Waals surface area contributed by atoms with E-state index in [0.717, 1.165) is 11.1 Å². The molecule has 154 valence electrons.